The number of sulfonamides is 1. The van der Waals surface area contributed by atoms with Gasteiger partial charge in [0.15, 0.2) is 0 Å². The largest absolute Gasteiger partial charge is 0.284 e. The molecule has 0 unspecified atom stereocenters. The van der Waals surface area contributed by atoms with Crippen molar-refractivity contribution in [3.05, 3.63) is 40.1 Å². The van der Waals surface area contributed by atoms with Crippen LogP contribution in [0, 0.1) is 0 Å². The molecule has 0 bridgehead atoms. The Balaban J connectivity index is 2.38. The minimum absolute atomic E-state index is 0.114. The van der Waals surface area contributed by atoms with Crippen LogP contribution in [0.5, 0.6) is 0 Å². The molecule has 0 saturated heterocycles. The molecule has 0 fully saturated rings. The molecule has 8 heteroatoms. The van der Waals surface area contributed by atoms with Crippen LogP contribution in [-0.2, 0) is 10.0 Å². The standard InChI is InChI=1S/C9H7BrClN3O2S/c10-8-3-6(11)1-2-9(8)17(15,16)14-7-4-12-13-5-7/h1-5,14H,(H,12,13). The third kappa shape index (κ3) is 2.80. The van der Waals surface area contributed by atoms with E-state index in [0.29, 0.717) is 15.2 Å². The molecule has 0 spiro atoms. The molecule has 2 rings (SSSR count). The average molecular weight is 337 g/mol. The quantitative estimate of drug-likeness (QED) is 0.905. The molecule has 2 N–H and O–H groups in total. The zero-order valence-corrected chi connectivity index (χ0v) is 11.5. The SMILES string of the molecule is O=S(=O)(Nc1cn[nH]c1)c1ccc(Cl)cc1Br. The number of hydrogen-bond acceptors (Lipinski definition) is 3. The maximum atomic E-state index is 12.0. The fourth-order valence-corrected chi connectivity index (χ4v) is 3.63. The molecule has 0 aliphatic rings. The van der Waals surface area contributed by atoms with Crippen molar-refractivity contribution >= 4 is 43.2 Å². The highest BCUT2D eigenvalue weighted by Crippen LogP contribution is 2.26. The molecular weight excluding hydrogens is 330 g/mol. The Hall–Kier alpha value is -1.05. The van der Waals surface area contributed by atoms with Crippen LogP contribution in [0.2, 0.25) is 5.02 Å². The monoisotopic (exact) mass is 335 g/mol. The molecule has 1 heterocycles. The smallest absolute Gasteiger partial charge is 0.263 e. The molecular formula is C9H7BrClN3O2S. The van der Waals surface area contributed by atoms with E-state index < -0.39 is 10.0 Å². The van der Waals surface area contributed by atoms with Gasteiger partial charge in [0.25, 0.3) is 10.0 Å². The van der Waals surface area contributed by atoms with E-state index in [1.54, 1.807) is 0 Å². The zero-order chi connectivity index (χ0) is 12.5. The Labute approximate surface area is 111 Å². The highest BCUT2D eigenvalue weighted by Gasteiger charge is 2.18. The second-order valence-electron chi connectivity index (χ2n) is 3.17. The minimum atomic E-state index is -3.65. The first-order chi connectivity index (χ1) is 7.99. The lowest BCUT2D eigenvalue weighted by Crippen LogP contribution is -2.13. The zero-order valence-electron chi connectivity index (χ0n) is 8.31. The van der Waals surface area contributed by atoms with Crippen molar-refractivity contribution in [2.24, 2.45) is 0 Å². The fourth-order valence-electron chi connectivity index (χ4n) is 1.21. The summed E-state index contributed by atoms with van der Waals surface area (Å²) < 4.78 is 26.8. The Bertz CT molecular complexity index is 628. The predicted molar refractivity (Wildman–Crippen MR) is 68.5 cm³/mol. The van der Waals surface area contributed by atoms with Gasteiger partial charge in [-0.3, -0.25) is 9.82 Å². The summed E-state index contributed by atoms with van der Waals surface area (Å²) in [6.07, 6.45) is 2.82. The lowest BCUT2D eigenvalue weighted by molar-refractivity contribution is 0.601. The van der Waals surface area contributed by atoms with Crippen LogP contribution < -0.4 is 4.72 Å². The molecule has 1 aromatic heterocycles. The number of hydrogen-bond donors (Lipinski definition) is 2. The van der Waals surface area contributed by atoms with Crippen LogP contribution >= 0.6 is 27.5 Å². The van der Waals surface area contributed by atoms with Gasteiger partial charge in [-0.1, -0.05) is 11.6 Å². The summed E-state index contributed by atoms with van der Waals surface area (Å²) in [5.41, 5.74) is 0.367. The van der Waals surface area contributed by atoms with Gasteiger partial charge in [0, 0.05) is 15.7 Å². The van der Waals surface area contributed by atoms with Crippen molar-refractivity contribution in [2.45, 2.75) is 4.90 Å². The van der Waals surface area contributed by atoms with Gasteiger partial charge in [-0.2, -0.15) is 5.10 Å². The summed E-state index contributed by atoms with van der Waals surface area (Å²) >= 11 is 8.91. The van der Waals surface area contributed by atoms with Crippen LogP contribution in [0.25, 0.3) is 0 Å². The number of rotatable bonds is 3. The third-order valence-electron chi connectivity index (χ3n) is 1.93. The number of aromatic nitrogens is 2. The number of H-pyrrole nitrogens is 1. The second-order valence-corrected chi connectivity index (χ2v) is 6.11. The summed E-state index contributed by atoms with van der Waals surface area (Å²) in [7, 11) is -3.65. The predicted octanol–water partition coefficient (Wildman–Crippen LogP) is 2.63. The Kier molecular flexibility index (Phi) is 3.41. The van der Waals surface area contributed by atoms with Crippen LogP contribution in [-0.4, -0.2) is 18.6 Å². The van der Waals surface area contributed by atoms with Gasteiger partial charge in [-0.25, -0.2) is 8.42 Å². The Morgan fingerprint density at radius 1 is 1.41 bits per heavy atom. The maximum Gasteiger partial charge on any atom is 0.263 e. The molecule has 17 heavy (non-hydrogen) atoms. The summed E-state index contributed by atoms with van der Waals surface area (Å²) in [5, 5.41) is 6.63. The van der Waals surface area contributed by atoms with Crippen molar-refractivity contribution < 1.29 is 8.42 Å². The van der Waals surface area contributed by atoms with E-state index in [0.717, 1.165) is 0 Å². The van der Waals surface area contributed by atoms with Gasteiger partial charge in [-0.15, -0.1) is 0 Å². The number of nitrogens with one attached hydrogen (secondary N) is 2. The molecule has 1 aromatic carbocycles. The van der Waals surface area contributed by atoms with Crippen molar-refractivity contribution in [1.82, 2.24) is 10.2 Å². The van der Waals surface area contributed by atoms with Gasteiger partial charge >= 0.3 is 0 Å². The molecule has 2 aromatic rings. The molecule has 0 radical (unpaired) electrons. The Morgan fingerprint density at radius 3 is 2.76 bits per heavy atom. The topological polar surface area (TPSA) is 74.8 Å². The van der Waals surface area contributed by atoms with E-state index >= 15 is 0 Å². The van der Waals surface area contributed by atoms with Crippen molar-refractivity contribution in [2.75, 3.05) is 4.72 Å². The Morgan fingerprint density at radius 2 is 2.18 bits per heavy atom. The molecule has 0 amide bonds. The highest BCUT2D eigenvalue weighted by atomic mass is 79.9. The van der Waals surface area contributed by atoms with Gasteiger partial charge in [-0.05, 0) is 34.1 Å². The van der Waals surface area contributed by atoms with Crippen LogP contribution in [0.15, 0.2) is 40.0 Å². The number of aromatic amines is 1. The first-order valence-electron chi connectivity index (χ1n) is 4.46. The van der Waals surface area contributed by atoms with E-state index in [2.05, 4.69) is 30.8 Å². The van der Waals surface area contributed by atoms with Crippen molar-refractivity contribution in [1.29, 1.82) is 0 Å². The first kappa shape index (κ1) is 12.4. The van der Waals surface area contributed by atoms with Crippen molar-refractivity contribution in [3.63, 3.8) is 0 Å². The van der Waals surface area contributed by atoms with Crippen LogP contribution in [0.4, 0.5) is 5.69 Å². The lowest BCUT2D eigenvalue weighted by Gasteiger charge is -2.07. The number of nitrogens with zero attached hydrogens (tertiary/aromatic N) is 1. The summed E-state index contributed by atoms with van der Waals surface area (Å²) in [6.45, 7) is 0. The van der Waals surface area contributed by atoms with Gasteiger partial charge in [0.05, 0.1) is 11.9 Å². The van der Waals surface area contributed by atoms with Crippen LogP contribution in [0.1, 0.15) is 0 Å². The van der Waals surface area contributed by atoms with E-state index in [9.17, 15) is 8.42 Å². The van der Waals surface area contributed by atoms with E-state index in [4.69, 9.17) is 11.6 Å². The molecule has 0 aliphatic heterocycles. The molecule has 0 aliphatic carbocycles. The number of halogens is 2. The third-order valence-corrected chi connectivity index (χ3v) is 4.53. The van der Waals surface area contributed by atoms with Gasteiger partial charge in [0.1, 0.15) is 4.90 Å². The normalized spacial score (nSPS) is 11.4. The van der Waals surface area contributed by atoms with E-state index in [1.807, 2.05) is 0 Å². The van der Waals surface area contributed by atoms with Crippen LogP contribution in [0.3, 0.4) is 0 Å². The second kappa shape index (κ2) is 4.67. The van der Waals surface area contributed by atoms with Gasteiger partial charge < -0.3 is 0 Å². The molecule has 0 saturated carbocycles. The van der Waals surface area contributed by atoms with E-state index in [-0.39, 0.29) is 4.90 Å². The molecule has 5 nitrogen and oxygen atoms in total. The summed E-state index contributed by atoms with van der Waals surface area (Å²) in [6, 6.07) is 4.45. The maximum absolute atomic E-state index is 12.0. The summed E-state index contributed by atoms with van der Waals surface area (Å²) in [4.78, 5) is 0.114. The number of anilines is 1. The van der Waals surface area contributed by atoms with Crippen molar-refractivity contribution in [3.8, 4) is 0 Å². The van der Waals surface area contributed by atoms with Gasteiger partial charge in [0.2, 0.25) is 0 Å². The average Bonchev–Trinajstić information content (AvgIpc) is 2.68. The first-order valence-corrected chi connectivity index (χ1v) is 7.11. The lowest BCUT2D eigenvalue weighted by atomic mass is 10.4. The molecule has 0 atom stereocenters. The fraction of sp³-hybridized carbons (Fsp3) is 0. The minimum Gasteiger partial charge on any atom is -0.284 e. The van der Waals surface area contributed by atoms with E-state index in [1.165, 1.54) is 30.6 Å². The highest BCUT2D eigenvalue weighted by molar-refractivity contribution is 9.10. The molecule has 90 valence electrons. The summed E-state index contributed by atoms with van der Waals surface area (Å²) in [5.74, 6) is 0. The number of benzene rings is 1.